The number of rotatable bonds is 12. The molecule has 0 spiro atoms. The average molecular weight is 718 g/mol. The second-order valence-corrected chi connectivity index (χ2v) is 14.1. The Balaban J connectivity index is 0.915. The van der Waals surface area contributed by atoms with Gasteiger partial charge in [0.25, 0.3) is 0 Å². The number of amides is 2. The number of methoxy groups -OCH3 is 1. The van der Waals surface area contributed by atoms with Crippen LogP contribution in [0.1, 0.15) is 50.4 Å². The Morgan fingerprint density at radius 3 is 2.57 bits per heavy atom. The van der Waals surface area contributed by atoms with E-state index in [1.165, 1.54) is 5.57 Å². The van der Waals surface area contributed by atoms with Crippen molar-refractivity contribution in [2.75, 3.05) is 39.8 Å². The van der Waals surface area contributed by atoms with Crippen molar-refractivity contribution >= 4 is 23.5 Å². The lowest BCUT2D eigenvalue weighted by atomic mass is 9.91. The van der Waals surface area contributed by atoms with E-state index in [2.05, 4.69) is 60.3 Å². The minimum Gasteiger partial charge on any atom is -0.475 e. The van der Waals surface area contributed by atoms with Crippen molar-refractivity contribution in [2.24, 2.45) is 0 Å². The molecule has 53 heavy (non-hydrogen) atoms. The predicted octanol–water partition coefficient (Wildman–Crippen LogP) is 4.55. The summed E-state index contributed by atoms with van der Waals surface area (Å²) in [5, 5.41) is 15.3. The Hall–Kier alpha value is -5.40. The number of ether oxygens (including phenoxy) is 2. The number of likely N-dealkylation sites (tertiary alicyclic amines) is 1. The quantitative estimate of drug-likeness (QED) is 0.202. The SMILES string of the molecule is C=C(C(=O)NC1C=Cc2[nH]nc(-c3ccc(OC(C)C)nc3)c2C1)C1(OC)CCN(CC(=O)N2CC=C(c3ccc(-c4ncn(CC)n4)cc3)CC2)C1. The van der Waals surface area contributed by atoms with E-state index in [4.69, 9.17) is 9.47 Å². The summed E-state index contributed by atoms with van der Waals surface area (Å²) in [6.07, 6.45) is 11.5. The zero-order valence-corrected chi connectivity index (χ0v) is 30.8. The van der Waals surface area contributed by atoms with Gasteiger partial charge >= 0.3 is 0 Å². The van der Waals surface area contributed by atoms with Crippen molar-refractivity contribution in [3.05, 3.63) is 90.0 Å². The first kappa shape index (κ1) is 36.0. The number of carbonyl (C=O) groups is 2. The van der Waals surface area contributed by atoms with Crippen molar-refractivity contribution in [1.29, 1.82) is 0 Å². The molecular formula is C40H47N9O4. The molecule has 4 aromatic rings. The molecule has 1 aromatic carbocycles. The zero-order chi connectivity index (χ0) is 37.1. The van der Waals surface area contributed by atoms with Crippen molar-refractivity contribution in [3.63, 3.8) is 0 Å². The molecule has 1 saturated heterocycles. The molecule has 1 aliphatic carbocycles. The Morgan fingerprint density at radius 2 is 1.89 bits per heavy atom. The number of H-pyrrole nitrogens is 1. The molecule has 2 amide bonds. The van der Waals surface area contributed by atoms with Gasteiger partial charge in [0.2, 0.25) is 17.7 Å². The van der Waals surface area contributed by atoms with Gasteiger partial charge in [-0.05, 0) is 56.9 Å². The van der Waals surface area contributed by atoms with E-state index < -0.39 is 5.60 Å². The first-order valence-electron chi connectivity index (χ1n) is 18.3. The molecule has 13 heteroatoms. The van der Waals surface area contributed by atoms with Crippen molar-refractivity contribution < 1.29 is 19.1 Å². The molecule has 2 N–H and O–H groups in total. The summed E-state index contributed by atoms with van der Waals surface area (Å²) in [7, 11) is 1.61. The standard InChI is InChI=1S/C40H47N9O4/c1-6-49-25-42-38(46-49)30-9-7-28(8-10-30)29-15-18-48(19-16-29)36(50)23-47-20-17-40(24-47,52-5)27(4)39(51)43-32-12-13-34-33(21-32)37(45-44-34)31-11-14-35(41-22-31)53-26(2)3/h7-15,22,25-26,32H,4,6,16-21,23-24H2,1-3,5H3,(H,43,51)(H,44,45). The van der Waals surface area contributed by atoms with Gasteiger partial charge in [0.05, 0.1) is 30.1 Å². The van der Waals surface area contributed by atoms with E-state index in [1.807, 2.05) is 66.8 Å². The zero-order valence-electron chi connectivity index (χ0n) is 30.8. The second kappa shape index (κ2) is 15.3. The Morgan fingerprint density at radius 1 is 1.09 bits per heavy atom. The fraction of sp³-hybridized carbons (Fsp3) is 0.400. The van der Waals surface area contributed by atoms with Crippen molar-refractivity contribution in [3.8, 4) is 28.5 Å². The topological polar surface area (TPSA) is 143 Å². The molecule has 2 aliphatic heterocycles. The molecular weight excluding hydrogens is 670 g/mol. The van der Waals surface area contributed by atoms with Gasteiger partial charge in [-0.2, -0.15) is 10.2 Å². The number of benzene rings is 1. The number of carbonyl (C=O) groups excluding carboxylic acids is 2. The van der Waals surface area contributed by atoms with E-state index >= 15 is 0 Å². The monoisotopic (exact) mass is 717 g/mol. The molecule has 0 saturated carbocycles. The van der Waals surface area contributed by atoms with Gasteiger partial charge in [-0.3, -0.25) is 24.3 Å². The van der Waals surface area contributed by atoms with Gasteiger partial charge in [0, 0.05) is 80.8 Å². The maximum atomic E-state index is 13.6. The molecule has 5 heterocycles. The molecule has 0 bridgehead atoms. The first-order valence-corrected chi connectivity index (χ1v) is 18.3. The molecule has 3 aliphatic rings. The van der Waals surface area contributed by atoms with E-state index in [9.17, 15) is 9.59 Å². The van der Waals surface area contributed by atoms with Crippen LogP contribution in [0.5, 0.6) is 5.88 Å². The Bertz CT molecular complexity index is 2030. The van der Waals surface area contributed by atoms with Crippen molar-refractivity contribution in [2.45, 2.75) is 64.3 Å². The highest BCUT2D eigenvalue weighted by Crippen LogP contribution is 2.33. The van der Waals surface area contributed by atoms with Crippen LogP contribution in [-0.4, -0.2) is 109 Å². The highest BCUT2D eigenvalue weighted by Gasteiger charge is 2.44. The lowest BCUT2D eigenvalue weighted by Gasteiger charge is -2.31. The van der Waals surface area contributed by atoms with Gasteiger partial charge in [-0.15, -0.1) is 0 Å². The van der Waals surface area contributed by atoms with Crippen LogP contribution in [0.3, 0.4) is 0 Å². The lowest BCUT2D eigenvalue weighted by Crippen LogP contribution is -2.47. The molecule has 1 fully saturated rings. The van der Waals surface area contributed by atoms with Crippen LogP contribution < -0.4 is 10.1 Å². The van der Waals surface area contributed by atoms with E-state index in [1.54, 1.807) is 19.6 Å². The van der Waals surface area contributed by atoms with Crippen LogP contribution >= 0.6 is 0 Å². The number of pyridine rings is 1. The van der Waals surface area contributed by atoms with Crippen LogP contribution in [0.4, 0.5) is 0 Å². The minimum atomic E-state index is -0.883. The highest BCUT2D eigenvalue weighted by molar-refractivity contribution is 5.95. The summed E-state index contributed by atoms with van der Waals surface area (Å²) in [6, 6.07) is 11.8. The Kier molecular flexibility index (Phi) is 10.4. The molecule has 0 radical (unpaired) electrons. The summed E-state index contributed by atoms with van der Waals surface area (Å²) in [6.45, 7) is 13.4. The Labute approximate surface area is 309 Å². The van der Waals surface area contributed by atoms with Crippen LogP contribution in [0, 0.1) is 0 Å². The van der Waals surface area contributed by atoms with Gasteiger partial charge in [0.1, 0.15) is 11.9 Å². The summed E-state index contributed by atoms with van der Waals surface area (Å²) in [5.41, 5.74) is 6.39. The predicted molar refractivity (Wildman–Crippen MR) is 202 cm³/mol. The van der Waals surface area contributed by atoms with E-state index in [0.717, 1.165) is 46.6 Å². The average Bonchev–Trinajstić information content (AvgIpc) is 3.94. The number of nitrogens with zero attached hydrogens (tertiary/aromatic N) is 7. The first-order chi connectivity index (χ1) is 25.6. The number of fused-ring (bicyclic) bond motifs is 1. The third kappa shape index (κ3) is 7.72. The van der Waals surface area contributed by atoms with Crippen molar-refractivity contribution in [1.82, 2.24) is 45.1 Å². The highest BCUT2D eigenvalue weighted by atomic mass is 16.5. The summed E-state index contributed by atoms with van der Waals surface area (Å²) >= 11 is 0. The number of aromatic amines is 1. The largest absolute Gasteiger partial charge is 0.475 e. The summed E-state index contributed by atoms with van der Waals surface area (Å²) in [4.78, 5) is 39.9. The number of nitrogens with one attached hydrogen (secondary N) is 2. The van der Waals surface area contributed by atoms with Gasteiger partial charge < -0.3 is 19.7 Å². The fourth-order valence-corrected chi connectivity index (χ4v) is 7.25. The second-order valence-electron chi connectivity index (χ2n) is 14.1. The normalized spacial score (nSPS) is 20.0. The van der Waals surface area contributed by atoms with E-state index in [0.29, 0.717) is 56.3 Å². The maximum Gasteiger partial charge on any atom is 0.250 e. The van der Waals surface area contributed by atoms with Crippen LogP contribution in [0.25, 0.3) is 34.3 Å². The fourth-order valence-electron chi connectivity index (χ4n) is 7.25. The minimum absolute atomic E-state index is 0.0343. The number of hydrogen-bond donors (Lipinski definition) is 2. The molecule has 276 valence electrons. The third-order valence-electron chi connectivity index (χ3n) is 10.3. The lowest BCUT2D eigenvalue weighted by molar-refractivity contribution is -0.131. The molecule has 2 unspecified atom stereocenters. The van der Waals surface area contributed by atoms with Crippen LogP contribution in [0.2, 0.25) is 0 Å². The molecule has 7 rings (SSSR count). The summed E-state index contributed by atoms with van der Waals surface area (Å²) < 4.78 is 13.5. The van der Waals surface area contributed by atoms with E-state index in [-0.39, 0.29) is 30.5 Å². The molecule has 13 nitrogen and oxygen atoms in total. The summed E-state index contributed by atoms with van der Waals surface area (Å²) in [5.74, 6) is 1.07. The smallest absolute Gasteiger partial charge is 0.250 e. The van der Waals surface area contributed by atoms with Gasteiger partial charge in [-0.25, -0.2) is 9.97 Å². The van der Waals surface area contributed by atoms with Gasteiger partial charge in [-0.1, -0.05) is 43.0 Å². The number of aryl methyl sites for hydroxylation is 1. The molecule has 3 aromatic heterocycles. The number of aromatic nitrogens is 6. The van der Waals surface area contributed by atoms with Gasteiger partial charge in [0.15, 0.2) is 5.82 Å². The van der Waals surface area contributed by atoms with Crippen LogP contribution in [-0.2, 0) is 27.3 Å². The molecule has 2 atom stereocenters. The number of hydrogen-bond acceptors (Lipinski definition) is 9. The third-order valence-corrected chi connectivity index (χ3v) is 10.3. The van der Waals surface area contributed by atoms with Crippen LogP contribution in [0.15, 0.2) is 73.2 Å². The maximum absolute atomic E-state index is 13.6.